The number of halogens is 4. The number of hydrogen-bond donors (Lipinski definition) is 2. The van der Waals surface area contributed by atoms with Crippen molar-refractivity contribution in [1.29, 1.82) is 0 Å². The summed E-state index contributed by atoms with van der Waals surface area (Å²) < 4.78 is 57.9. The number of amides is 1. The van der Waals surface area contributed by atoms with Crippen LogP contribution in [0.25, 0.3) is 0 Å². The summed E-state index contributed by atoms with van der Waals surface area (Å²) >= 11 is 6.10. The SMILES string of the molecule is COc1cc(N[C@@H](C(=O)N2CCc3cc(OC)c(C(F)(F)F)cc32)c2ccc(Cl)cc2)cc(OCC2CC(C(=O)O)C2)c1. The molecule has 0 radical (unpaired) electrons. The summed E-state index contributed by atoms with van der Waals surface area (Å²) in [6.07, 6.45) is -3.23. The summed E-state index contributed by atoms with van der Waals surface area (Å²) in [4.78, 5) is 26.6. The maximum absolute atomic E-state index is 14.1. The number of rotatable bonds is 10. The number of carboxylic acid groups (broad SMARTS) is 1. The number of carboxylic acids is 1. The number of benzene rings is 3. The Labute approximate surface area is 251 Å². The van der Waals surface area contributed by atoms with Crippen molar-refractivity contribution in [2.75, 3.05) is 37.6 Å². The van der Waals surface area contributed by atoms with Crippen molar-refractivity contribution < 1.29 is 42.1 Å². The molecular formula is C31H30ClF3N2O6. The molecule has 0 spiro atoms. The van der Waals surface area contributed by atoms with Crippen LogP contribution in [0.4, 0.5) is 24.5 Å². The fraction of sp³-hybridized carbons (Fsp3) is 0.355. The van der Waals surface area contributed by atoms with E-state index in [4.69, 9.17) is 30.9 Å². The van der Waals surface area contributed by atoms with E-state index in [9.17, 15) is 22.8 Å². The third kappa shape index (κ3) is 6.61. The van der Waals surface area contributed by atoms with Crippen LogP contribution in [0.5, 0.6) is 17.2 Å². The van der Waals surface area contributed by atoms with Crippen LogP contribution in [-0.2, 0) is 22.2 Å². The van der Waals surface area contributed by atoms with Gasteiger partial charge in [0.2, 0.25) is 0 Å². The minimum absolute atomic E-state index is 0.113. The number of aliphatic carboxylic acids is 1. The Bertz CT molecular complexity index is 1510. The minimum Gasteiger partial charge on any atom is -0.497 e. The monoisotopic (exact) mass is 618 g/mol. The van der Waals surface area contributed by atoms with Gasteiger partial charge in [0.05, 0.1) is 32.3 Å². The molecule has 3 aromatic carbocycles. The average Bonchev–Trinajstić information content (AvgIpc) is 3.37. The molecular weight excluding hydrogens is 589 g/mol. The van der Waals surface area contributed by atoms with Gasteiger partial charge in [-0.05, 0) is 60.6 Å². The Balaban J connectivity index is 1.43. The van der Waals surface area contributed by atoms with Crippen molar-refractivity contribution in [3.63, 3.8) is 0 Å². The molecule has 1 amide bonds. The molecule has 1 saturated carbocycles. The summed E-state index contributed by atoms with van der Waals surface area (Å²) in [6, 6.07) is 13.0. The lowest BCUT2D eigenvalue weighted by molar-refractivity contribution is -0.146. The quantitative estimate of drug-likeness (QED) is 0.264. The first-order valence-electron chi connectivity index (χ1n) is 13.6. The lowest BCUT2D eigenvalue weighted by Gasteiger charge is -2.32. The minimum atomic E-state index is -4.67. The van der Waals surface area contributed by atoms with E-state index in [0.717, 1.165) is 6.07 Å². The molecule has 1 aliphatic carbocycles. The van der Waals surface area contributed by atoms with Crippen molar-refractivity contribution in [2.24, 2.45) is 11.8 Å². The van der Waals surface area contributed by atoms with Crippen LogP contribution in [-0.4, -0.2) is 44.4 Å². The molecule has 2 aliphatic rings. The Morgan fingerprint density at radius 1 is 1.05 bits per heavy atom. The van der Waals surface area contributed by atoms with E-state index in [1.165, 1.54) is 25.2 Å². The second kappa shape index (κ2) is 12.2. The highest BCUT2D eigenvalue weighted by molar-refractivity contribution is 6.30. The van der Waals surface area contributed by atoms with Crippen LogP contribution in [0.1, 0.15) is 35.6 Å². The summed E-state index contributed by atoms with van der Waals surface area (Å²) in [6.45, 7) is 0.515. The van der Waals surface area contributed by atoms with Crippen LogP contribution < -0.4 is 24.4 Å². The maximum Gasteiger partial charge on any atom is 0.420 e. The first-order valence-corrected chi connectivity index (χ1v) is 14.0. The number of carbonyl (C=O) groups excluding carboxylic acids is 1. The molecule has 0 saturated heterocycles. The van der Waals surface area contributed by atoms with E-state index >= 15 is 0 Å². The zero-order valence-corrected chi connectivity index (χ0v) is 24.2. The number of nitrogens with one attached hydrogen (secondary N) is 1. The van der Waals surface area contributed by atoms with Gasteiger partial charge >= 0.3 is 12.1 Å². The molecule has 0 aromatic heterocycles. The number of nitrogens with zero attached hydrogens (tertiary/aromatic N) is 1. The fourth-order valence-electron chi connectivity index (χ4n) is 5.44. The van der Waals surface area contributed by atoms with Crippen molar-refractivity contribution >= 4 is 34.9 Å². The largest absolute Gasteiger partial charge is 0.497 e. The first-order chi connectivity index (χ1) is 20.5. The van der Waals surface area contributed by atoms with E-state index in [1.54, 1.807) is 42.5 Å². The molecule has 8 nitrogen and oxygen atoms in total. The van der Waals surface area contributed by atoms with Crippen molar-refractivity contribution in [3.05, 3.63) is 76.3 Å². The number of hydrogen-bond acceptors (Lipinski definition) is 6. The third-order valence-corrected chi connectivity index (χ3v) is 8.07. The van der Waals surface area contributed by atoms with E-state index in [1.807, 2.05) is 0 Å². The predicted molar refractivity (Wildman–Crippen MR) is 154 cm³/mol. The lowest BCUT2D eigenvalue weighted by atomic mass is 9.75. The normalized spacial score (nSPS) is 18.3. The summed E-state index contributed by atoms with van der Waals surface area (Å²) in [5.74, 6) is -0.898. The molecule has 2 N–H and O–H groups in total. The molecule has 43 heavy (non-hydrogen) atoms. The van der Waals surface area contributed by atoms with E-state index in [-0.39, 0.29) is 29.8 Å². The van der Waals surface area contributed by atoms with Gasteiger partial charge in [0.25, 0.3) is 5.91 Å². The van der Waals surface area contributed by atoms with Gasteiger partial charge in [-0.2, -0.15) is 13.2 Å². The number of carbonyl (C=O) groups is 2. The molecule has 0 bridgehead atoms. The first kappa shape index (κ1) is 30.3. The van der Waals surface area contributed by atoms with Crippen LogP contribution in [0.3, 0.4) is 0 Å². The Morgan fingerprint density at radius 3 is 2.37 bits per heavy atom. The Hall–Kier alpha value is -4.12. The second-order valence-corrected chi connectivity index (χ2v) is 11.1. The molecule has 3 aromatic rings. The van der Waals surface area contributed by atoms with Crippen molar-refractivity contribution in [1.82, 2.24) is 0 Å². The van der Waals surface area contributed by atoms with Gasteiger partial charge in [-0.15, -0.1) is 0 Å². The van der Waals surface area contributed by atoms with Gasteiger partial charge in [0.1, 0.15) is 23.3 Å². The fourth-order valence-corrected chi connectivity index (χ4v) is 5.57. The van der Waals surface area contributed by atoms with E-state index < -0.39 is 29.7 Å². The zero-order valence-electron chi connectivity index (χ0n) is 23.4. The molecule has 1 heterocycles. The van der Waals surface area contributed by atoms with Gasteiger partial charge in [-0.25, -0.2) is 0 Å². The Kier molecular flexibility index (Phi) is 8.64. The number of alkyl halides is 3. The van der Waals surface area contributed by atoms with Crippen molar-refractivity contribution in [3.8, 4) is 17.2 Å². The Morgan fingerprint density at radius 2 is 1.74 bits per heavy atom. The van der Waals surface area contributed by atoms with E-state index in [2.05, 4.69) is 5.32 Å². The van der Waals surface area contributed by atoms with Crippen LogP contribution in [0.2, 0.25) is 5.02 Å². The maximum atomic E-state index is 14.1. The highest BCUT2D eigenvalue weighted by atomic mass is 35.5. The standard InChI is InChI=1S/C31H30ClF3N2O6/c1-41-23-12-22(13-24(14-23)43-16-17-9-20(10-17)30(39)40)36-28(18-3-5-21(32)6-4-18)29(38)37-8-7-19-11-27(42-2)25(15-26(19)37)31(33,34)35/h3-6,11-15,17,20,28,36H,7-10,16H2,1-2H3,(H,39,40)/t17?,20?,28-/m1/s1. The molecule has 12 heteroatoms. The number of anilines is 2. The third-order valence-electron chi connectivity index (χ3n) is 7.82. The predicted octanol–water partition coefficient (Wildman–Crippen LogP) is 6.61. The zero-order chi connectivity index (χ0) is 30.9. The lowest BCUT2D eigenvalue weighted by Crippen LogP contribution is -2.37. The summed E-state index contributed by atoms with van der Waals surface area (Å²) in [5.41, 5.74) is 0.817. The van der Waals surface area contributed by atoms with Crippen molar-refractivity contribution in [2.45, 2.75) is 31.5 Å². The van der Waals surface area contributed by atoms with Crippen LogP contribution >= 0.6 is 11.6 Å². The number of fused-ring (bicyclic) bond motifs is 1. The number of ether oxygens (including phenoxy) is 3. The average molecular weight is 619 g/mol. The number of methoxy groups -OCH3 is 2. The van der Waals surface area contributed by atoms with Crippen LogP contribution in [0.15, 0.2) is 54.6 Å². The van der Waals surface area contributed by atoms with Gasteiger partial charge in [0.15, 0.2) is 0 Å². The molecule has 228 valence electrons. The van der Waals surface area contributed by atoms with E-state index in [0.29, 0.717) is 59.2 Å². The van der Waals surface area contributed by atoms with Gasteiger partial charge in [-0.3, -0.25) is 9.59 Å². The van der Waals surface area contributed by atoms with Crippen LogP contribution in [0, 0.1) is 11.8 Å². The molecule has 5 rings (SSSR count). The molecule has 1 atom stereocenters. The molecule has 1 fully saturated rings. The summed E-state index contributed by atoms with van der Waals surface area (Å²) in [5, 5.41) is 12.8. The van der Waals surface area contributed by atoms with Gasteiger partial charge in [-0.1, -0.05) is 23.7 Å². The van der Waals surface area contributed by atoms with Gasteiger partial charge < -0.3 is 29.5 Å². The second-order valence-electron chi connectivity index (χ2n) is 10.6. The smallest absolute Gasteiger partial charge is 0.420 e. The van der Waals surface area contributed by atoms with Gasteiger partial charge in [0, 0.05) is 41.1 Å². The highest BCUT2D eigenvalue weighted by Gasteiger charge is 2.39. The highest BCUT2D eigenvalue weighted by Crippen LogP contribution is 2.43. The summed E-state index contributed by atoms with van der Waals surface area (Å²) in [7, 11) is 2.67. The molecule has 0 unspecified atom stereocenters. The topological polar surface area (TPSA) is 97.3 Å². The molecule has 1 aliphatic heterocycles.